The number of aromatic amines is 1. The SMILES string of the molecule is CCCCNc1ccnc2[nH]c3ccc(OC)cc3c12. The molecule has 0 atom stereocenters. The number of benzene rings is 1. The average Bonchev–Trinajstić information content (AvgIpc) is 2.85. The van der Waals surface area contributed by atoms with Crippen molar-refractivity contribution < 1.29 is 4.74 Å². The molecule has 0 spiro atoms. The number of pyridine rings is 1. The van der Waals surface area contributed by atoms with Gasteiger partial charge >= 0.3 is 0 Å². The Morgan fingerprint density at radius 3 is 3.00 bits per heavy atom. The van der Waals surface area contributed by atoms with E-state index < -0.39 is 0 Å². The minimum Gasteiger partial charge on any atom is -0.497 e. The maximum absolute atomic E-state index is 5.32. The number of anilines is 1. The molecular formula is C16H19N3O. The Bertz CT molecular complexity index is 733. The highest BCUT2D eigenvalue weighted by Crippen LogP contribution is 2.32. The van der Waals surface area contributed by atoms with Gasteiger partial charge in [0.05, 0.1) is 7.11 Å². The molecule has 2 heterocycles. The van der Waals surface area contributed by atoms with Gasteiger partial charge in [-0.3, -0.25) is 0 Å². The predicted molar refractivity (Wildman–Crippen MR) is 83.5 cm³/mol. The Kier molecular flexibility index (Phi) is 3.46. The smallest absolute Gasteiger partial charge is 0.140 e. The second-order valence-corrected chi connectivity index (χ2v) is 4.90. The van der Waals surface area contributed by atoms with E-state index in [1.807, 2.05) is 24.4 Å². The van der Waals surface area contributed by atoms with Crippen molar-refractivity contribution in [3.8, 4) is 5.75 Å². The van der Waals surface area contributed by atoms with Crippen molar-refractivity contribution >= 4 is 27.6 Å². The number of methoxy groups -OCH3 is 1. The zero-order chi connectivity index (χ0) is 13.9. The second kappa shape index (κ2) is 5.41. The summed E-state index contributed by atoms with van der Waals surface area (Å²) in [6.45, 7) is 3.17. The maximum atomic E-state index is 5.32. The highest BCUT2D eigenvalue weighted by atomic mass is 16.5. The Morgan fingerprint density at radius 1 is 1.30 bits per heavy atom. The van der Waals surface area contributed by atoms with Gasteiger partial charge in [-0.2, -0.15) is 0 Å². The minimum atomic E-state index is 0.863. The van der Waals surface area contributed by atoms with E-state index in [-0.39, 0.29) is 0 Å². The molecule has 0 saturated carbocycles. The average molecular weight is 269 g/mol. The van der Waals surface area contributed by atoms with Crippen LogP contribution < -0.4 is 10.1 Å². The van der Waals surface area contributed by atoms with Crippen LogP contribution in [0.5, 0.6) is 5.75 Å². The number of H-pyrrole nitrogens is 1. The lowest BCUT2D eigenvalue weighted by atomic mass is 10.1. The number of ether oxygens (including phenoxy) is 1. The van der Waals surface area contributed by atoms with E-state index in [1.165, 1.54) is 6.42 Å². The topological polar surface area (TPSA) is 49.9 Å². The molecule has 0 radical (unpaired) electrons. The third-order valence-electron chi connectivity index (χ3n) is 3.55. The lowest BCUT2D eigenvalue weighted by Gasteiger charge is -2.07. The quantitative estimate of drug-likeness (QED) is 0.690. The molecule has 4 heteroatoms. The lowest BCUT2D eigenvalue weighted by Crippen LogP contribution is -2.01. The van der Waals surface area contributed by atoms with Gasteiger partial charge in [-0.15, -0.1) is 0 Å². The number of nitrogens with one attached hydrogen (secondary N) is 2. The molecule has 3 rings (SSSR count). The monoisotopic (exact) mass is 269 g/mol. The van der Waals surface area contributed by atoms with Crippen molar-refractivity contribution in [2.45, 2.75) is 19.8 Å². The molecule has 20 heavy (non-hydrogen) atoms. The molecule has 1 aromatic carbocycles. The van der Waals surface area contributed by atoms with E-state index in [0.29, 0.717) is 0 Å². The molecule has 0 aliphatic carbocycles. The largest absolute Gasteiger partial charge is 0.497 e. The summed E-state index contributed by atoms with van der Waals surface area (Å²) in [6.07, 6.45) is 4.18. The Labute approximate surface area is 118 Å². The molecule has 0 amide bonds. The number of aromatic nitrogens is 2. The van der Waals surface area contributed by atoms with Crippen LogP contribution >= 0.6 is 0 Å². The summed E-state index contributed by atoms with van der Waals surface area (Å²) in [5.74, 6) is 0.863. The normalized spacial score (nSPS) is 11.1. The van der Waals surface area contributed by atoms with E-state index in [1.54, 1.807) is 7.11 Å². The van der Waals surface area contributed by atoms with E-state index in [0.717, 1.165) is 46.3 Å². The number of hydrogen-bond acceptors (Lipinski definition) is 3. The van der Waals surface area contributed by atoms with Crippen LogP contribution in [0.25, 0.3) is 21.9 Å². The molecule has 0 saturated heterocycles. The van der Waals surface area contributed by atoms with Crippen LogP contribution in [0, 0.1) is 0 Å². The van der Waals surface area contributed by atoms with Crippen molar-refractivity contribution in [3.63, 3.8) is 0 Å². The van der Waals surface area contributed by atoms with E-state index >= 15 is 0 Å². The molecule has 0 bridgehead atoms. The molecule has 0 unspecified atom stereocenters. The van der Waals surface area contributed by atoms with E-state index in [2.05, 4.69) is 28.3 Å². The van der Waals surface area contributed by atoms with Gasteiger partial charge in [0.1, 0.15) is 11.4 Å². The standard InChI is InChI=1S/C16H19N3O/c1-3-4-8-17-14-7-9-18-16-15(14)12-10-11(20-2)5-6-13(12)19-16/h5-7,9-10H,3-4,8H2,1-2H3,(H2,17,18,19). The predicted octanol–water partition coefficient (Wildman–Crippen LogP) is 3.94. The van der Waals surface area contributed by atoms with Crippen molar-refractivity contribution in [1.29, 1.82) is 0 Å². The third-order valence-corrected chi connectivity index (χ3v) is 3.55. The van der Waals surface area contributed by atoms with Crippen molar-refractivity contribution in [2.24, 2.45) is 0 Å². The van der Waals surface area contributed by atoms with Gasteiger partial charge in [0.2, 0.25) is 0 Å². The molecule has 3 aromatic rings. The van der Waals surface area contributed by atoms with E-state index in [9.17, 15) is 0 Å². The van der Waals surface area contributed by atoms with Crippen molar-refractivity contribution in [2.75, 3.05) is 19.0 Å². The first kappa shape index (κ1) is 12.8. The molecule has 4 nitrogen and oxygen atoms in total. The van der Waals surface area contributed by atoms with Crippen molar-refractivity contribution in [1.82, 2.24) is 9.97 Å². The highest BCUT2D eigenvalue weighted by Gasteiger charge is 2.10. The molecule has 0 fully saturated rings. The number of unbranched alkanes of at least 4 members (excludes halogenated alkanes) is 1. The number of rotatable bonds is 5. The molecule has 2 N–H and O–H groups in total. The Balaban J connectivity index is 2.14. The number of hydrogen-bond donors (Lipinski definition) is 2. The summed E-state index contributed by atoms with van der Waals surface area (Å²) in [5.41, 5.74) is 3.12. The van der Waals surface area contributed by atoms with Crippen LogP contribution in [-0.4, -0.2) is 23.6 Å². The van der Waals surface area contributed by atoms with Gasteiger partial charge in [0, 0.05) is 34.7 Å². The second-order valence-electron chi connectivity index (χ2n) is 4.90. The Hall–Kier alpha value is -2.23. The number of nitrogens with zero attached hydrogens (tertiary/aromatic N) is 1. The fourth-order valence-electron chi connectivity index (χ4n) is 2.47. The zero-order valence-corrected chi connectivity index (χ0v) is 11.9. The summed E-state index contributed by atoms with van der Waals surface area (Å²) in [4.78, 5) is 7.78. The van der Waals surface area contributed by atoms with Gasteiger partial charge in [-0.05, 0) is 30.7 Å². The van der Waals surface area contributed by atoms with Gasteiger partial charge < -0.3 is 15.0 Å². The highest BCUT2D eigenvalue weighted by molar-refractivity contribution is 6.12. The fraction of sp³-hybridized carbons (Fsp3) is 0.312. The third kappa shape index (κ3) is 2.18. The summed E-state index contributed by atoms with van der Waals surface area (Å²) in [7, 11) is 1.69. The van der Waals surface area contributed by atoms with Gasteiger partial charge in [-0.1, -0.05) is 13.3 Å². The van der Waals surface area contributed by atoms with Gasteiger partial charge in [-0.25, -0.2) is 4.98 Å². The summed E-state index contributed by atoms with van der Waals surface area (Å²) >= 11 is 0. The molecule has 0 aliphatic rings. The van der Waals surface area contributed by atoms with Gasteiger partial charge in [0.15, 0.2) is 0 Å². The molecule has 0 aliphatic heterocycles. The molecule has 104 valence electrons. The van der Waals surface area contributed by atoms with Crippen LogP contribution in [0.3, 0.4) is 0 Å². The maximum Gasteiger partial charge on any atom is 0.140 e. The summed E-state index contributed by atoms with van der Waals surface area (Å²) in [5, 5.41) is 5.78. The van der Waals surface area contributed by atoms with E-state index in [4.69, 9.17) is 4.74 Å². The van der Waals surface area contributed by atoms with Crippen LogP contribution in [-0.2, 0) is 0 Å². The fourth-order valence-corrected chi connectivity index (χ4v) is 2.47. The summed E-state index contributed by atoms with van der Waals surface area (Å²) < 4.78 is 5.32. The first-order valence-electron chi connectivity index (χ1n) is 7.01. The Morgan fingerprint density at radius 2 is 2.20 bits per heavy atom. The van der Waals surface area contributed by atoms with Crippen LogP contribution in [0.1, 0.15) is 19.8 Å². The van der Waals surface area contributed by atoms with Crippen LogP contribution in [0.15, 0.2) is 30.5 Å². The van der Waals surface area contributed by atoms with Crippen LogP contribution in [0.2, 0.25) is 0 Å². The molecular weight excluding hydrogens is 250 g/mol. The first-order valence-corrected chi connectivity index (χ1v) is 7.01. The molecule has 2 aromatic heterocycles. The van der Waals surface area contributed by atoms with Gasteiger partial charge in [0.25, 0.3) is 0 Å². The number of fused-ring (bicyclic) bond motifs is 3. The zero-order valence-electron chi connectivity index (χ0n) is 11.9. The van der Waals surface area contributed by atoms with Crippen molar-refractivity contribution in [3.05, 3.63) is 30.5 Å². The lowest BCUT2D eigenvalue weighted by molar-refractivity contribution is 0.415. The minimum absolute atomic E-state index is 0.863. The first-order chi connectivity index (χ1) is 9.83. The summed E-state index contributed by atoms with van der Waals surface area (Å²) in [6, 6.07) is 8.08. The van der Waals surface area contributed by atoms with Crippen LogP contribution in [0.4, 0.5) is 5.69 Å².